The molecule has 1 heterocycles. The molecule has 1 amide bonds. The zero-order chi connectivity index (χ0) is 12.1. The van der Waals surface area contributed by atoms with Crippen LogP contribution < -0.4 is 5.32 Å². The van der Waals surface area contributed by atoms with Crippen LogP contribution in [-0.4, -0.2) is 22.2 Å². The zero-order valence-electron chi connectivity index (χ0n) is 10.4. The summed E-state index contributed by atoms with van der Waals surface area (Å²) in [7, 11) is 1.90. The van der Waals surface area contributed by atoms with Crippen LogP contribution in [0.15, 0.2) is 6.08 Å². The Kier molecular flexibility index (Phi) is 4.28. The molecule has 0 aliphatic rings. The van der Waals surface area contributed by atoms with E-state index in [-0.39, 0.29) is 5.91 Å². The van der Waals surface area contributed by atoms with Crippen LogP contribution in [0.25, 0.3) is 6.08 Å². The summed E-state index contributed by atoms with van der Waals surface area (Å²) < 4.78 is 1.82. The summed E-state index contributed by atoms with van der Waals surface area (Å²) in [5.74, 6) is -0.0514. The minimum absolute atomic E-state index is 0.0514. The molecule has 0 aliphatic carbocycles. The van der Waals surface area contributed by atoms with E-state index in [0.717, 1.165) is 23.4 Å². The van der Waals surface area contributed by atoms with Crippen LogP contribution in [0.3, 0.4) is 0 Å². The lowest BCUT2D eigenvalue weighted by atomic mass is 10.2. The Hall–Kier alpha value is -1.58. The molecule has 4 heteroatoms. The maximum absolute atomic E-state index is 11.4. The molecule has 0 aliphatic heterocycles. The highest BCUT2D eigenvalue weighted by atomic mass is 16.1. The Morgan fingerprint density at radius 2 is 2.19 bits per heavy atom. The van der Waals surface area contributed by atoms with Gasteiger partial charge in [0.1, 0.15) is 0 Å². The number of carbonyl (C=O) groups excluding carboxylic acids is 1. The molecule has 1 aromatic rings. The van der Waals surface area contributed by atoms with Crippen LogP contribution >= 0.6 is 0 Å². The van der Waals surface area contributed by atoms with Crippen LogP contribution in [0.5, 0.6) is 0 Å². The van der Waals surface area contributed by atoms with Crippen LogP contribution in [0, 0.1) is 13.8 Å². The second kappa shape index (κ2) is 5.49. The Labute approximate surface area is 96.3 Å². The van der Waals surface area contributed by atoms with Gasteiger partial charge in [0, 0.05) is 30.9 Å². The smallest absolute Gasteiger partial charge is 0.244 e. The first kappa shape index (κ1) is 12.5. The van der Waals surface area contributed by atoms with Crippen molar-refractivity contribution in [1.82, 2.24) is 15.1 Å². The van der Waals surface area contributed by atoms with E-state index in [0.29, 0.717) is 6.54 Å². The van der Waals surface area contributed by atoms with E-state index in [1.54, 1.807) is 6.08 Å². The maximum atomic E-state index is 11.4. The summed E-state index contributed by atoms with van der Waals surface area (Å²) >= 11 is 0. The zero-order valence-corrected chi connectivity index (χ0v) is 10.4. The third-order valence-corrected chi connectivity index (χ3v) is 2.52. The Morgan fingerprint density at radius 3 is 2.69 bits per heavy atom. The average Bonchev–Trinajstić information content (AvgIpc) is 2.48. The van der Waals surface area contributed by atoms with Gasteiger partial charge in [0.15, 0.2) is 0 Å². The lowest BCUT2D eigenvalue weighted by molar-refractivity contribution is -0.116. The van der Waals surface area contributed by atoms with Gasteiger partial charge in [-0.15, -0.1) is 0 Å². The van der Waals surface area contributed by atoms with E-state index in [1.807, 2.05) is 38.6 Å². The number of nitrogens with one attached hydrogen (secondary N) is 1. The molecule has 1 N–H and O–H groups in total. The monoisotopic (exact) mass is 221 g/mol. The summed E-state index contributed by atoms with van der Waals surface area (Å²) in [6.45, 7) is 6.67. The van der Waals surface area contributed by atoms with E-state index < -0.39 is 0 Å². The molecule has 88 valence electrons. The molecule has 0 radical (unpaired) electrons. The molecule has 1 rings (SSSR count). The van der Waals surface area contributed by atoms with Crippen LogP contribution in [0.1, 0.15) is 30.3 Å². The summed E-state index contributed by atoms with van der Waals surface area (Å²) in [5.41, 5.74) is 3.03. The number of hydrogen-bond acceptors (Lipinski definition) is 2. The number of aromatic nitrogens is 2. The molecule has 0 aromatic carbocycles. The largest absolute Gasteiger partial charge is 0.353 e. The van der Waals surface area contributed by atoms with Gasteiger partial charge in [0.05, 0.1) is 5.69 Å². The standard InChI is InChI=1S/C12H19N3O/c1-5-8-13-12(16)7-6-11-9(2)14-15(4)10(11)3/h6-7H,5,8H2,1-4H3,(H,13,16)/b7-6+. The van der Waals surface area contributed by atoms with E-state index in [1.165, 1.54) is 0 Å². The molecule has 0 saturated heterocycles. The summed E-state index contributed by atoms with van der Waals surface area (Å²) in [6, 6.07) is 0. The fourth-order valence-corrected chi connectivity index (χ4v) is 1.50. The Balaban J connectivity index is 2.72. The lowest BCUT2D eigenvalue weighted by Crippen LogP contribution is -2.21. The lowest BCUT2D eigenvalue weighted by Gasteiger charge is -1.98. The molecule has 0 fully saturated rings. The molecule has 0 spiro atoms. The van der Waals surface area contributed by atoms with Gasteiger partial charge in [-0.3, -0.25) is 9.48 Å². The van der Waals surface area contributed by atoms with Crippen molar-refractivity contribution in [3.8, 4) is 0 Å². The minimum atomic E-state index is -0.0514. The number of rotatable bonds is 4. The number of carbonyl (C=O) groups is 1. The Morgan fingerprint density at radius 1 is 1.50 bits per heavy atom. The van der Waals surface area contributed by atoms with Crippen molar-refractivity contribution in [1.29, 1.82) is 0 Å². The highest BCUT2D eigenvalue weighted by Crippen LogP contribution is 2.13. The molecule has 0 saturated carbocycles. The SMILES string of the molecule is CCCNC(=O)/C=C/c1c(C)nn(C)c1C. The first-order valence-corrected chi connectivity index (χ1v) is 5.52. The van der Waals surface area contributed by atoms with Gasteiger partial charge in [0.25, 0.3) is 0 Å². The first-order chi connectivity index (χ1) is 7.56. The number of aryl methyl sites for hydroxylation is 2. The number of hydrogen-bond donors (Lipinski definition) is 1. The third kappa shape index (κ3) is 2.95. The molecule has 4 nitrogen and oxygen atoms in total. The first-order valence-electron chi connectivity index (χ1n) is 5.52. The summed E-state index contributed by atoms with van der Waals surface area (Å²) in [5, 5.41) is 7.08. The van der Waals surface area contributed by atoms with Crippen molar-refractivity contribution >= 4 is 12.0 Å². The van der Waals surface area contributed by atoms with Gasteiger partial charge in [-0.1, -0.05) is 6.92 Å². The normalized spacial score (nSPS) is 11.0. The minimum Gasteiger partial charge on any atom is -0.353 e. The highest BCUT2D eigenvalue weighted by Gasteiger charge is 2.05. The molecule has 1 aromatic heterocycles. The second-order valence-electron chi connectivity index (χ2n) is 3.83. The van der Waals surface area contributed by atoms with Crippen molar-refractivity contribution in [2.24, 2.45) is 7.05 Å². The van der Waals surface area contributed by atoms with Gasteiger partial charge in [-0.05, 0) is 26.3 Å². The quantitative estimate of drug-likeness (QED) is 0.785. The molecule has 0 unspecified atom stereocenters. The van der Waals surface area contributed by atoms with Crippen LogP contribution in [-0.2, 0) is 11.8 Å². The van der Waals surface area contributed by atoms with Crippen LogP contribution in [0.4, 0.5) is 0 Å². The van der Waals surface area contributed by atoms with E-state index in [2.05, 4.69) is 10.4 Å². The Bertz CT molecular complexity index is 405. The molecule has 0 bridgehead atoms. The van der Waals surface area contributed by atoms with E-state index in [4.69, 9.17) is 0 Å². The number of amides is 1. The molecular weight excluding hydrogens is 202 g/mol. The predicted octanol–water partition coefficient (Wildman–Crippen LogP) is 1.58. The third-order valence-electron chi connectivity index (χ3n) is 2.52. The van der Waals surface area contributed by atoms with Gasteiger partial charge in [0.2, 0.25) is 5.91 Å². The molecule has 0 atom stereocenters. The van der Waals surface area contributed by atoms with E-state index >= 15 is 0 Å². The highest BCUT2D eigenvalue weighted by molar-refractivity contribution is 5.91. The fraction of sp³-hybridized carbons (Fsp3) is 0.500. The van der Waals surface area contributed by atoms with Crippen molar-refractivity contribution < 1.29 is 4.79 Å². The summed E-state index contributed by atoms with van der Waals surface area (Å²) in [6.07, 6.45) is 4.33. The average molecular weight is 221 g/mol. The van der Waals surface area contributed by atoms with E-state index in [9.17, 15) is 4.79 Å². The van der Waals surface area contributed by atoms with Crippen molar-refractivity contribution in [3.63, 3.8) is 0 Å². The second-order valence-corrected chi connectivity index (χ2v) is 3.83. The van der Waals surface area contributed by atoms with Crippen molar-refractivity contribution in [2.75, 3.05) is 6.54 Å². The number of nitrogens with zero attached hydrogens (tertiary/aromatic N) is 2. The van der Waals surface area contributed by atoms with Crippen molar-refractivity contribution in [2.45, 2.75) is 27.2 Å². The van der Waals surface area contributed by atoms with Gasteiger partial charge >= 0.3 is 0 Å². The van der Waals surface area contributed by atoms with Crippen molar-refractivity contribution in [3.05, 3.63) is 23.0 Å². The van der Waals surface area contributed by atoms with Gasteiger partial charge < -0.3 is 5.32 Å². The van der Waals surface area contributed by atoms with Gasteiger partial charge in [-0.2, -0.15) is 5.10 Å². The maximum Gasteiger partial charge on any atom is 0.244 e. The topological polar surface area (TPSA) is 46.9 Å². The van der Waals surface area contributed by atoms with Gasteiger partial charge in [-0.25, -0.2) is 0 Å². The molecule has 16 heavy (non-hydrogen) atoms. The molecular formula is C12H19N3O. The predicted molar refractivity (Wildman–Crippen MR) is 65.0 cm³/mol. The summed E-state index contributed by atoms with van der Waals surface area (Å²) in [4.78, 5) is 11.4. The van der Waals surface area contributed by atoms with Crippen LogP contribution in [0.2, 0.25) is 0 Å². The fourth-order valence-electron chi connectivity index (χ4n) is 1.50.